The Balaban J connectivity index is 1.86. The highest BCUT2D eigenvalue weighted by Gasteiger charge is 2.24. The van der Waals surface area contributed by atoms with Crippen molar-refractivity contribution in [2.24, 2.45) is 0 Å². The molecule has 30 heavy (non-hydrogen) atoms. The van der Waals surface area contributed by atoms with E-state index in [1.54, 1.807) is 43.4 Å². The molecule has 0 N–H and O–H groups in total. The SMILES string of the molecule is Cc1ccccc1N(C)S(=O)(=O)c1cccc(C(=O)N(C)Cc2cccc(Cl)c2)c1. The average molecular weight is 443 g/mol. The Morgan fingerprint density at radius 3 is 2.33 bits per heavy atom. The van der Waals surface area contributed by atoms with E-state index in [1.807, 2.05) is 31.2 Å². The molecule has 0 aliphatic heterocycles. The van der Waals surface area contributed by atoms with Crippen molar-refractivity contribution in [2.75, 3.05) is 18.4 Å². The van der Waals surface area contributed by atoms with E-state index in [0.29, 0.717) is 22.8 Å². The summed E-state index contributed by atoms with van der Waals surface area (Å²) >= 11 is 6.01. The minimum atomic E-state index is -3.82. The number of para-hydroxylation sites is 1. The Morgan fingerprint density at radius 2 is 1.63 bits per heavy atom. The van der Waals surface area contributed by atoms with Crippen LogP contribution in [0.15, 0.2) is 77.7 Å². The van der Waals surface area contributed by atoms with Crippen molar-refractivity contribution in [3.8, 4) is 0 Å². The quantitative estimate of drug-likeness (QED) is 0.553. The number of sulfonamides is 1. The fourth-order valence-corrected chi connectivity index (χ4v) is 4.71. The lowest BCUT2D eigenvalue weighted by atomic mass is 10.1. The average Bonchev–Trinajstić information content (AvgIpc) is 2.73. The number of aryl methyl sites for hydroxylation is 1. The molecule has 0 fully saturated rings. The first-order valence-corrected chi connectivity index (χ1v) is 11.2. The monoisotopic (exact) mass is 442 g/mol. The third-order valence-corrected chi connectivity index (χ3v) is 6.85. The summed E-state index contributed by atoms with van der Waals surface area (Å²) in [5.74, 6) is -0.273. The highest BCUT2D eigenvalue weighted by Crippen LogP contribution is 2.25. The van der Waals surface area contributed by atoms with Crippen molar-refractivity contribution in [2.45, 2.75) is 18.4 Å². The molecule has 3 rings (SSSR count). The van der Waals surface area contributed by atoms with Crippen molar-refractivity contribution < 1.29 is 13.2 Å². The number of hydrogen-bond donors (Lipinski definition) is 0. The molecule has 0 heterocycles. The number of nitrogens with zero attached hydrogens (tertiary/aromatic N) is 2. The maximum atomic E-state index is 13.1. The number of carbonyl (C=O) groups is 1. The van der Waals surface area contributed by atoms with Gasteiger partial charge in [0.2, 0.25) is 0 Å². The molecule has 0 saturated carbocycles. The van der Waals surface area contributed by atoms with Crippen LogP contribution in [-0.2, 0) is 16.6 Å². The van der Waals surface area contributed by atoms with Crippen molar-refractivity contribution in [1.29, 1.82) is 0 Å². The molecule has 0 aliphatic carbocycles. The Kier molecular flexibility index (Phi) is 6.48. The number of halogens is 1. The van der Waals surface area contributed by atoms with E-state index in [0.717, 1.165) is 11.1 Å². The molecular weight excluding hydrogens is 420 g/mol. The Labute approximate surface area is 182 Å². The van der Waals surface area contributed by atoms with Gasteiger partial charge < -0.3 is 4.90 Å². The number of rotatable bonds is 6. The second kappa shape index (κ2) is 8.90. The van der Waals surface area contributed by atoms with E-state index in [2.05, 4.69) is 0 Å². The van der Waals surface area contributed by atoms with E-state index in [1.165, 1.54) is 28.4 Å². The zero-order chi connectivity index (χ0) is 21.9. The maximum Gasteiger partial charge on any atom is 0.264 e. The van der Waals surface area contributed by atoms with E-state index >= 15 is 0 Å². The van der Waals surface area contributed by atoms with Gasteiger partial charge in [-0.2, -0.15) is 0 Å². The van der Waals surface area contributed by atoms with Gasteiger partial charge in [0.1, 0.15) is 0 Å². The normalized spacial score (nSPS) is 11.2. The van der Waals surface area contributed by atoms with Crippen LogP contribution in [0.2, 0.25) is 5.02 Å². The smallest absolute Gasteiger partial charge is 0.264 e. The lowest BCUT2D eigenvalue weighted by Gasteiger charge is -2.22. The summed E-state index contributed by atoms with van der Waals surface area (Å²) < 4.78 is 27.5. The number of anilines is 1. The van der Waals surface area contributed by atoms with Crippen LogP contribution in [0.25, 0.3) is 0 Å². The molecular formula is C23H23ClN2O3S. The fourth-order valence-electron chi connectivity index (χ4n) is 3.20. The molecule has 0 aromatic heterocycles. The largest absolute Gasteiger partial charge is 0.337 e. The van der Waals surface area contributed by atoms with E-state index in [-0.39, 0.29) is 10.8 Å². The Bertz CT molecular complexity index is 1180. The van der Waals surface area contributed by atoms with Crippen LogP contribution >= 0.6 is 11.6 Å². The molecule has 5 nitrogen and oxygen atoms in total. The molecule has 0 saturated heterocycles. The number of benzene rings is 3. The first-order valence-electron chi connectivity index (χ1n) is 9.34. The lowest BCUT2D eigenvalue weighted by Crippen LogP contribution is -2.28. The van der Waals surface area contributed by atoms with Crippen LogP contribution < -0.4 is 4.31 Å². The van der Waals surface area contributed by atoms with Gasteiger partial charge in [-0.25, -0.2) is 8.42 Å². The van der Waals surface area contributed by atoms with Crippen LogP contribution in [0.1, 0.15) is 21.5 Å². The predicted octanol–water partition coefficient (Wildman–Crippen LogP) is 4.75. The topological polar surface area (TPSA) is 57.7 Å². The van der Waals surface area contributed by atoms with Gasteiger partial charge in [0.25, 0.3) is 15.9 Å². The molecule has 7 heteroatoms. The molecule has 0 radical (unpaired) electrons. The second-order valence-corrected chi connectivity index (χ2v) is 9.48. The molecule has 0 bridgehead atoms. The number of carbonyl (C=O) groups excluding carboxylic acids is 1. The van der Waals surface area contributed by atoms with Crippen LogP contribution in [0, 0.1) is 6.92 Å². The van der Waals surface area contributed by atoms with Gasteiger partial charge in [-0.3, -0.25) is 9.10 Å². The van der Waals surface area contributed by atoms with E-state index < -0.39 is 10.0 Å². The summed E-state index contributed by atoms with van der Waals surface area (Å²) in [6.45, 7) is 2.21. The molecule has 3 aromatic rings. The van der Waals surface area contributed by atoms with Gasteiger partial charge in [0, 0.05) is 31.2 Å². The van der Waals surface area contributed by atoms with E-state index in [9.17, 15) is 13.2 Å². The summed E-state index contributed by atoms with van der Waals surface area (Å²) in [5.41, 5.74) is 2.63. The van der Waals surface area contributed by atoms with Crippen molar-refractivity contribution >= 4 is 33.2 Å². The predicted molar refractivity (Wildman–Crippen MR) is 120 cm³/mol. The Morgan fingerprint density at radius 1 is 0.933 bits per heavy atom. The third kappa shape index (κ3) is 4.66. The van der Waals surface area contributed by atoms with Gasteiger partial charge in [-0.05, 0) is 54.4 Å². The number of hydrogen-bond acceptors (Lipinski definition) is 3. The standard InChI is InChI=1S/C23H23ClN2O3S/c1-17-8-4-5-13-22(17)26(3)30(28,29)21-12-7-10-19(15-21)23(27)25(2)16-18-9-6-11-20(24)14-18/h4-15H,16H2,1-3H3. The van der Waals surface area contributed by atoms with Crippen LogP contribution in [0.3, 0.4) is 0 Å². The molecule has 1 amide bonds. The van der Waals surface area contributed by atoms with Gasteiger partial charge in [-0.15, -0.1) is 0 Å². The molecule has 0 spiro atoms. The Hall–Kier alpha value is -2.83. The number of amides is 1. The van der Waals surface area contributed by atoms with Gasteiger partial charge in [0.15, 0.2) is 0 Å². The zero-order valence-corrected chi connectivity index (χ0v) is 18.6. The summed E-state index contributed by atoms with van der Waals surface area (Å²) in [5, 5.41) is 0.598. The summed E-state index contributed by atoms with van der Waals surface area (Å²) in [6.07, 6.45) is 0. The molecule has 156 valence electrons. The second-order valence-electron chi connectivity index (χ2n) is 7.08. The minimum Gasteiger partial charge on any atom is -0.337 e. The van der Waals surface area contributed by atoms with E-state index in [4.69, 9.17) is 11.6 Å². The maximum absolute atomic E-state index is 13.1. The lowest BCUT2D eigenvalue weighted by molar-refractivity contribution is 0.0785. The summed E-state index contributed by atoms with van der Waals surface area (Å²) in [4.78, 5) is 14.5. The van der Waals surface area contributed by atoms with Crippen molar-refractivity contribution in [1.82, 2.24) is 4.90 Å². The van der Waals surface area contributed by atoms with Gasteiger partial charge in [-0.1, -0.05) is 48.0 Å². The van der Waals surface area contributed by atoms with Gasteiger partial charge >= 0.3 is 0 Å². The highest BCUT2D eigenvalue weighted by atomic mass is 35.5. The van der Waals surface area contributed by atoms with Gasteiger partial charge in [0.05, 0.1) is 10.6 Å². The van der Waals surface area contributed by atoms with Crippen LogP contribution in [-0.4, -0.2) is 33.3 Å². The first kappa shape index (κ1) is 21.9. The minimum absolute atomic E-state index is 0.0651. The molecule has 3 aromatic carbocycles. The molecule has 0 aliphatic rings. The summed E-state index contributed by atoms with van der Waals surface area (Å²) in [7, 11) is -0.634. The highest BCUT2D eigenvalue weighted by molar-refractivity contribution is 7.92. The molecule has 0 atom stereocenters. The van der Waals surface area contributed by atoms with Crippen molar-refractivity contribution in [3.05, 3.63) is 94.5 Å². The van der Waals surface area contributed by atoms with Crippen LogP contribution in [0.5, 0.6) is 0 Å². The van der Waals surface area contributed by atoms with Crippen molar-refractivity contribution in [3.63, 3.8) is 0 Å². The fraction of sp³-hybridized carbons (Fsp3) is 0.174. The molecule has 0 unspecified atom stereocenters. The third-order valence-electron chi connectivity index (χ3n) is 4.85. The zero-order valence-electron chi connectivity index (χ0n) is 17.0. The summed E-state index contributed by atoms with van der Waals surface area (Å²) in [6, 6.07) is 20.6. The first-order chi connectivity index (χ1) is 14.2. The van der Waals surface area contributed by atoms with Crippen LogP contribution in [0.4, 0.5) is 5.69 Å².